The van der Waals surface area contributed by atoms with E-state index in [1.165, 1.54) is 35.4 Å². The van der Waals surface area contributed by atoms with E-state index < -0.39 is 0 Å². The molecule has 0 radical (unpaired) electrons. The Kier molecular flexibility index (Phi) is 4.77. The minimum atomic E-state index is 0.525. The molecule has 3 rings (SSSR count). The molecule has 112 valence electrons. The Hall–Kier alpha value is -1.12. The highest BCUT2D eigenvalue weighted by Gasteiger charge is 2.27. The Labute approximate surface area is 132 Å². The third-order valence-electron chi connectivity index (χ3n) is 4.54. The fraction of sp³-hybridized carbons (Fsp3) is 0.474. The summed E-state index contributed by atoms with van der Waals surface area (Å²) >= 11 is 1.96. The Bertz CT molecular complexity index is 587. The summed E-state index contributed by atoms with van der Waals surface area (Å²) < 4.78 is 0. The van der Waals surface area contributed by atoms with Gasteiger partial charge in [0.1, 0.15) is 0 Å². The van der Waals surface area contributed by atoms with E-state index in [2.05, 4.69) is 55.6 Å². The minimum absolute atomic E-state index is 0.525. The van der Waals surface area contributed by atoms with E-state index in [0.717, 1.165) is 12.5 Å². The molecule has 0 saturated heterocycles. The molecule has 21 heavy (non-hydrogen) atoms. The first-order valence-corrected chi connectivity index (χ1v) is 8.96. The van der Waals surface area contributed by atoms with Crippen molar-refractivity contribution in [3.63, 3.8) is 0 Å². The van der Waals surface area contributed by atoms with Gasteiger partial charge >= 0.3 is 0 Å². The second kappa shape index (κ2) is 6.76. The van der Waals surface area contributed by atoms with Crippen molar-refractivity contribution in [2.75, 3.05) is 6.54 Å². The zero-order valence-corrected chi connectivity index (χ0v) is 13.9. The Morgan fingerprint density at radius 3 is 2.71 bits per heavy atom. The van der Waals surface area contributed by atoms with Gasteiger partial charge in [-0.25, -0.2) is 0 Å². The number of hydrogen-bond acceptors (Lipinski definition) is 2. The molecule has 1 aromatic heterocycles. The number of aryl methyl sites for hydroxylation is 2. The van der Waals surface area contributed by atoms with Gasteiger partial charge in [0.2, 0.25) is 0 Å². The lowest BCUT2D eigenvalue weighted by atomic mass is 9.79. The Morgan fingerprint density at radius 2 is 2.00 bits per heavy atom. The van der Waals surface area contributed by atoms with Crippen molar-refractivity contribution in [3.05, 3.63) is 57.3 Å². The van der Waals surface area contributed by atoms with E-state index in [-0.39, 0.29) is 0 Å². The predicted molar refractivity (Wildman–Crippen MR) is 92.0 cm³/mol. The van der Waals surface area contributed by atoms with Crippen LogP contribution in [-0.4, -0.2) is 6.54 Å². The fourth-order valence-electron chi connectivity index (χ4n) is 3.43. The fourth-order valence-corrected chi connectivity index (χ4v) is 4.48. The predicted octanol–water partition coefficient (Wildman–Crippen LogP) is 4.90. The second-order valence-electron chi connectivity index (χ2n) is 6.15. The first-order chi connectivity index (χ1) is 10.3. The number of fused-ring (bicyclic) bond motifs is 1. The third kappa shape index (κ3) is 3.38. The summed E-state index contributed by atoms with van der Waals surface area (Å²) in [4.78, 5) is 2.94. The molecule has 0 saturated carbocycles. The van der Waals surface area contributed by atoms with E-state index in [9.17, 15) is 0 Å². The van der Waals surface area contributed by atoms with Gasteiger partial charge in [-0.2, -0.15) is 0 Å². The highest BCUT2D eigenvalue weighted by molar-refractivity contribution is 7.12. The quantitative estimate of drug-likeness (QED) is 0.828. The van der Waals surface area contributed by atoms with Crippen LogP contribution in [-0.2, 0) is 12.8 Å². The molecule has 2 aromatic rings. The van der Waals surface area contributed by atoms with Gasteiger partial charge in [-0.3, -0.25) is 0 Å². The zero-order chi connectivity index (χ0) is 14.7. The summed E-state index contributed by atoms with van der Waals surface area (Å²) in [7, 11) is 0. The van der Waals surface area contributed by atoms with Crippen LogP contribution in [0.1, 0.15) is 46.7 Å². The van der Waals surface area contributed by atoms with E-state index in [4.69, 9.17) is 0 Å². The van der Waals surface area contributed by atoms with Crippen LogP contribution < -0.4 is 5.32 Å². The molecule has 0 bridgehead atoms. The molecule has 1 aliphatic rings. The largest absolute Gasteiger partial charge is 0.309 e. The van der Waals surface area contributed by atoms with Crippen molar-refractivity contribution < 1.29 is 0 Å². The van der Waals surface area contributed by atoms with Crippen LogP contribution in [0.25, 0.3) is 0 Å². The lowest BCUT2D eigenvalue weighted by molar-refractivity contribution is 0.330. The normalized spacial score (nSPS) is 19.2. The number of thiophene rings is 1. The number of hydrogen-bond donors (Lipinski definition) is 1. The summed E-state index contributed by atoms with van der Waals surface area (Å²) in [5.74, 6) is 0.726. The van der Waals surface area contributed by atoms with Crippen LogP contribution in [0.15, 0.2) is 36.4 Å². The maximum absolute atomic E-state index is 3.81. The lowest BCUT2D eigenvalue weighted by Crippen LogP contribution is -2.31. The molecule has 1 aromatic carbocycles. The van der Waals surface area contributed by atoms with Crippen molar-refractivity contribution in [2.45, 2.75) is 45.6 Å². The van der Waals surface area contributed by atoms with Gasteiger partial charge in [0.15, 0.2) is 0 Å². The van der Waals surface area contributed by atoms with E-state index in [1.807, 2.05) is 11.3 Å². The summed E-state index contributed by atoms with van der Waals surface area (Å²) in [6.07, 6.45) is 4.95. The highest BCUT2D eigenvalue weighted by Crippen LogP contribution is 2.36. The maximum atomic E-state index is 3.81. The van der Waals surface area contributed by atoms with Gasteiger partial charge < -0.3 is 5.32 Å². The Morgan fingerprint density at radius 1 is 1.19 bits per heavy atom. The monoisotopic (exact) mass is 299 g/mol. The standard InChI is InChI=1S/C19H25NS/c1-3-12-20-19(18-11-8-14(2)21-18)17-10-9-15-6-4-5-7-16(15)13-17/h4-8,11,17,19-20H,3,9-10,12-13H2,1-2H3. The average molecular weight is 299 g/mol. The summed E-state index contributed by atoms with van der Waals surface area (Å²) in [6.45, 7) is 5.57. The van der Waals surface area contributed by atoms with Gasteiger partial charge in [-0.1, -0.05) is 31.2 Å². The molecular weight excluding hydrogens is 274 g/mol. The van der Waals surface area contributed by atoms with Crippen LogP contribution in [0.2, 0.25) is 0 Å². The molecule has 1 nitrogen and oxygen atoms in total. The Balaban J connectivity index is 1.81. The molecule has 1 aliphatic carbocycles. The van der Waals surface area contributed by atoms with E-state index >= 15 is 0 Å². The summed E-state index contributed by atoms with van der Waals surface area (Å²) in [6, 6.07) is 14.1. The van der Waals surface area contributed by atoms with E-state index in [0.29, 0.717) is 6.04 Å². The number of benzene rings is 1. The van der Waals surface area contributed by atoms with Gasteiger partial charge in [0.25, 0.3) is 0 Å². The smallest absolute Gasteiger partial charge is 0.0446 e. The molecule has 1 N–H and O–H groups in total. The van der Waals surface area contributed by atoms with Gasteiger partial charge in [-0.15, -0.1) is 11.3 Å². The first-order valence-electron chi connectivity index (χ1n) is 8.14. The molecule has 0 aliphatic heterocycles. The molecule has 1 heterocycles. The molecule has 0 amide bonds. The minimum Gasteiger partial charge on any atom is -0.309 e. The van der Waals surface area contributed by atoms with Crippen molar-refractivity contribution in [3.8, 4) is 0 Å². The van der Waals surface area contributed by atoms with Crippen LogP contribution in [0.3, 0.4) is 0 Å². The van der Waals surface area contributed by atoms with Crippen LogP contribution >= 0.6 is 11.3 Å². The van der Waals surface area contributed by atoms with Crippen LogP contribution in [0.4, 0.5) is 0 Å². The molecule has 2 unspecified atom stereocenters. The molecule has 2 atom stereocenters. The van der Waals surface area contributed by atoms with E-state index in [1.54, 1.807) is 11.1 Å². The first kappa shape index (κ1) is 14.8. The van der Waals surface area contributed by atoms with Crippen molar-refractivity contribution in [1.29, 1.82) is 0 Å². The van der Waals surface area contributed by atoms with Crippen molar-refractivity contribution in [1.82, 2.24) is 5.32 Å². The van der Waals surface area contributed by atoms with Crippen molar-refractivity contribution in [2.24, 2.45) is 5.92 Å². The third-order valence-corrected chi connectivity index (χ3v) is 5.62. The van der Waals surface area contributed by atoms with Gasteiger partial charge in [0.05, 0.1) is 0 Å². The topological polar surface area (TPSA) is 12.0 Å². The number of nitrogens with one attached hydrogen (secondary N) is 1. The second-order valence-corrected chi connectivity index (χ2v) is 7.47. The summed E-state index contributed by atoms with van der Waals surface area (Å²) in [5.41, 5.74) is 3.12. The lowest BCUT2D eigenvalue weighted by Gasteiger charge is -2.32. The van der Waals surface area contributed by atoms with Crippen LogP contribution in [0, 0.1) is 12.8 Å². The SMILES string of the molecule is CCCNC(c1ccc(C)s1)C1CCc2ccccc2C1. The number of rotatable bonds is 5. The van der Waals surface area contributed by atoms with Gasteiger partial charge in [0, 0.05) is 15.8 Å². The average Bonchev–Trinajstić information content (AvgIpc) is 2.94. The van der Waals surface area contributed by atoms with Crippen LogP contribution in [0.5, 0.6) is 0 Å². The molecular formula is C19H25NS. The van der Waals surface area contributed by atoms with Crippen molar-refractivity contribution >= 4 is 11.3 Å². The highest BCUT2D eigenvalue weighted by atomic mass is 32.1. The maximum Gasteiger partial charge on any atom is 0.0446 e. The zero-order valence-electron chi connectivity index (χ0n) is 13.1. The molecule has 2 heteroatoms. The van der Waals surface area contributed by atoms with Gasteiger partial charge in [-0.05, 0) is 68.3 Å². The molecule has 0 spiro atoms. The summed E-state index contributed by atoms with van der Waals surface area (Å²) in [5, 5.41) is 3.81. The molecule has 0 fully saturated rings.